The summed E-state index contributed by atoms with van der Waals surface area (Å²) in [7, 11) is 0. The molecule has 1 saturated heterocycles. The van der Waals surface area contributed by atoms with Crippen molar-refractivity contribution in [2.24, 2.45) is 5.92 Å². The SMILES string of the molecule is CCCCON1C(=O)[C@@H](C)C1(C)C. The lowest BCUT2D eigenvalue weighted by molar-refractivity contribution is -0.265. The number of nitrogens with zero attached hydrogens (tertiary/aromatic N) is 1. The monoisotopic (exact) mass is 185 g/mol. The molecule has 0 saturated carbocycles. The van der Waals surface area contributed by atoms with E-state index in [2.05, 4.69) is 6.92 Å². The van der Waals surface area contributed by atoms with Crippen molar-refractivity contribution in [3.8, 4) is 0 Å². The van der Waals surface area contributed by atoms with Gasteiger partial charge >= 0.3 is 0 Å². The van der Waals surface area contributed by atoms with E-state index in [-0.39, 0.29) is 17.4 Å². The average molecular weight is 185 g/mol. The molecule has 0 aliphatic carbocycles. The first kappa shape index (κ1) is 10.5. The van der Waals surface area contributed by atoms with E-state index in [1.165, 1.54) is 5.06 Å². The lowest BCUT2D eigenvalue weighted by Crippen LogP contribution is -2.66. The molecule has 1 amide bonds. The number of carbonyl (C=O) groups excluding carboxylic acids is 1. The van der Waals surface area contributed by atoms with Gasteiger partial charge in [-0.05, 0) is 20.3 Å². The van der Waals surface area contributed by atoms with Crippen LogP contribution in [0, 0.1) is 5.92 Å². The summed E-state index contributed by atoms with van der Waals surface area (Å²) in [6, 6.07) is 0. The molecule has 1 heterocycles. The second-order valence-corrected chi connectivity index (χ2v) is 4.19. The van der Waals surface area contributed by atoms with Crippen LogP contribution in [0.4, 0.5) is 0 Å². The summed E-state index contributed by atoms with van der Waals surface area (Å²) >= 11 is 0. The first-order chi connectivity index (χ1) is 6.01. The van der Waals surface area contributed by atoms with Crippen LogP contribution < -0.4 is 0 Å². The van der Waals surface area contributed by atoms with Gasteiger partial charge in [-0.2, -0.15) is 0 Å². The molecular formula is C10H19NO2. The van der Waals surface area contributed by atoms with E-state index in [4.69, 9.17) is 4.84 Å². The molecule has 3 heteroatoms. The van der Waals surface area contributed by atoms with Crippen molar-refractivity contribution in [1.82, 2.24) is 5.06 Å². The highest BCUT2D eigenvalue weighted by molar-refractivity contribution is 5.85. The predicted molar refractivity (Wildman–Crippen MR) is 50.9 cm³/mol. The number of β-lactam (4-membered cyclic amide) rings is 1. The van der Waals surface area contributed by atoms with E-state index in [0.29, 0.717) is 6.61 Å². The van der Waals surface area contributed by atoms with Gasteiger partial charge in [-0.3, -0.25) is 9.63 Å². The molecule has 0 spiro atoms. The lowest BCUT2D eigenvalue weighted by Gasteiger charge is -2.51. The molecule has 0 aromatic heterocycles. The first-order valence-corrected chi connectivity index (χ1v) is 4.98. The van der Waals surface area contributed by atoms with Crippen LogP contribution in [0.5, 0.6) is 0 Å². The van der Waals surface area contributed by atoms with Crippen molar-refractivity contribution in [2.75, 3.05) is 6.61 Å². The second kappa shape index (κ2) is 3.66. The van der Waals surface area contributed by atoms with E-state index >= 15 is 0 Å². The Kier molecular flexibility index (Phi) is 2.96. The molecule has 76 valence electrons. The summed E-state index contributed by atoms with van der Waals surface area (Å²) in [5, 5.41) is 1.52. The van der Waals surface area contributed by atoms with Gasteiger partial charge in [-0.1, -0.05) is 20.3 Å². The zero-order valence-electron chi connectivity index (χ0n) is 8.96. The van der Waals surface area contributed by atoms with Crippen molar-refractivity contribution < 1.29 is 9.63 Å². The molecule has 0 unspecified atom stereocenters. The van der Waals surface area contributed by atoms with Crippen molar-refractivity contribution in [1.29, 1.82) is 0 Å². The molecular weight excluding hydrogens is 166 g/mol. The maximum Gasteiger partial charge on any atom is 0.251 e. The average Bonchev–Trinajstić information content (AvgIpc) is 2.10. The lowest BCUT2D eigenvalue weighted by atomic mass is 9.80. The van der Waals surface area contributed by atoms with Crippen LogP contribution in [0.2, 0.25) is 0 Å². The Morgan fingerprint density at radius 3 is 2.62 bits per heavy atom. The Hall–Kier alpha value is -0.570. The van der Waals surface area contributed by atoms with Crippen LogP contribution in [0.15, 0.2) is 0 Å². The van der Waals surface area contributed by atoms with Gasteiger partial charge in [0.2, 0.25) is 0 Å². The normalized spacial score (nSPS) is 26.0. The zero-order valence-corrected chi connectivity index (χ0v) is 8.96. The predicted octanol–water partition coefficient (Wildman–Crippen LogP) is 1.98. The Morgan fingerprint density at radius 2 is 2.15 bits per heavy atom. The highest BCUT2D eigenvalue weighted by atomic mass is 16.7. The molecule has 3 nitrogen and oxygen atoms in total. The minimum atomic E-state index is -0.120. The quantitative estimate of drug-likeness (QED) is 0.495. The van der Waals surface area contributed by atoms with Gasteiger partial charge in [0, 0.05) is 0 Å². The van der Waals surface area contributed by atoms with Crippen LogP contribution in [-0.2, 0) is 9.63 Å². The van der Waals surface area contributed by atoms with Crippen molar-refractivity contribution >= 4 is 5.91 Å². The largest absolute Gasteiger partial charge is 0.272 e. The highest BCUT2D eigenvalue weighted by Gasteiger charge is 2.52. The number of hydroxylamine groups is 2. The highest BCUT2D eigenvalue weighted by Crippen LogP contribution is 2.36. The summed E-state index contributed by atoms with van der Waals surface area (Å²) in [5.41, 5.74) is -0.120. The summed E-state index contributed by atoms with van der Waals surface area (Å²) in [6.07, 6.45) is 2.10. The maximum absolute atomic E-state index is 11.4. The zero-order chi connectivity index (χ0) is 10.1. The van der Waals surface area contributed by atoms with E-state index in [1.807, 2.05) is 20.8 Å². The van der Waals surface area contributed by atoms with E-state index in [0.717, 1.165) is 12.8 Å². The molecule has 1 fully saturated rings. The fourth-order valence-corrected chi connectivity index (χ4v) is 1.40. The van der Waals surface area contributed by atoms with Crippen LogP contribution in [0.3, 0.4) is 0 Å². The smallest absolute Gasteiger partial charge is 0.251 e. The van der Waals surface area contributed by atoms with Crippen molar-refractivity contribution in [3.05, 3.63) is 0 Å². The molecule has 0 N–H and O–H groups in total. The molecule has 0 aromatic rings. The van der Waals surface area contributed by atoms with Gasteiger partial charge in [0.05, 0.1) is 18.1 Å². The van der Waals surface area contributed by atoms with Gasteiger partial charge in [0.1, 0.15) is 0 Å². The second-order valence-electron chi connectivity index (χ2n) is 4.19. The molecule has 1 aliphatic heterocycles. The molecule has 1 aliphatic rings. The Morgan fingerprint density at radius 1 is 1.54 bits per heavy atom. The van der Waals surface area contributed by atoms with Crippen LogP contribution in [0.25, 0.3) is 0 Å². The van der Waals surface area contributed by atoms with Crippen molar-refractivity contribution in [3.63, 3.8) is 0 Å². The van der Waals surface area contributed by atoms with E-state index in [1.54, 1.807) is 0 Å². The molecule has 13 heavy (non-hydrogen) atoms. The fourth-order valence-electron chi connectivity index (χ4n) is 1.40. The number of rotatable bonds is 4. The minimum absolute atomic E-state index is 0.0918. The van der Waals surface area contributed by atoms with Crippen LogP contribution in [0.1, 0.15) is 40.5 Å². The number of carbonyl (C=O) groups is 1. The first-order valence-electron chi connectivity index (χ1n) is 4.98. The van der Waals surface area contributed by atoms with Crippen molar-refractivity contribution in [2.45, 2.75) is 46.1 Å². The molecule has 1 atom stereocenters. The number of hydrogen-bond donors (Lipinski definition) is 0. The van der Waals surface area contributed by atoms with Crippen LogP contribution >= 0.6 is 0 Å². The molecule has 1 rings (SSSR count). The topological polar surface area (TPSA) is 29.5 Å². The summed E-state index contributed by atoms with van der Waals surface area (Å²) in [4.78, 5) is 16.8. The Bertz CT molecular complexity index is 201. The molecule has 0 aromatic carbocycles. The number of hydrogen-bond acceptors (Lipinski definition) is 2. The third-order valence-corrected chi connectivity index (χ3v) is 2.87. The summed E-state index contributed by atoms with van der Waals surface area (Å²) in [5.74, 6) is 0.204. The van der Waals surface area contributed by atoms with E-state index in [9.17, 15) is 4.79 Å². The van der Waals surface area contributed by atoms with E-state index < -0.39 is 0 Å². The molecule has 0 radical (unpaired) electrons. The number of amides is 1. The third kappa shape index (κ3) is 1.70. The number of unbranched alkanes of at least 4 members (excludes halogenated alkanes) is 1. The minimum Gasteiger partial charge on any atom is -0.272 e. The summed E-state index contributed by atoms with van der Waals surface area (Å²) < 4.78 is 0. The van der Waals surface area contributed by atoms with Gasteiger partial charge in [0.15, 0.2) is 0 Å². The third-order valence-electron chi connectivity index (χ3n) is 2.87. The molecule has 0 bridgehead atoms. The van der Waals surface area contributed by atoms with Gasteiger partial charge in [-0.25, -0.2) is 5.06 Å². The standard InChI is InChI=1S/C10H19NO2/c1-5-6-7-13-11-9(12)8(2)10(11,3)4/h8H,5-7H2,1-4H3/t8-/m1/s1. The fraction of sp³-hybridized carbons (Fsp3) is 0.900. The van der Waals surface area contributed by atoms with Crippen LogP contribution in [-0.4, -0.2) is 23.1 Å². The maximum atomic E-state index is 11.4. The Labute approximate surface area is 80.0 Å². The van der Waals surface area contributed by atoms with Gasteiger partial charge in [-0.15, -0.1) is 0 Å². The van der Waals surface area contributed by atoms with Gasteiger partial charge < -0.3 is 0 Å². The van der Waals surface area contributed by atoms with Gasteiger partial charge in [0.25, 0.3) is 5.91 Å². The Balaban J connectivity index is 2.38. The summed E-state index contributed by atoms with van der Waals surface area (Å²) in [6.45, 7) is 8.77.